The van der Waals surface area contributed by atoms with Gasteiger partial charge in [0, 0.05) is 22.5 Å². The maximum absolute atomic E-state index is 15.4. The van der Waals surface area contributed by atoms with E-state index in [1.54, 1.807) is 18.2 Å². The smallest absolute Gasteiger partial charge is 0.271 e. The fourth-order valence-corrected chi connectivity index (χ4v) is 10.0. The van der Waals surface area contributed by atoms with Crippen LogP contribution in [-0.4, -0.2) is 45.8 Å². The van der Waals surface area contributed by atoms with Gasteiger partial charge in [0.05, 0.1) is 51.0 Å². The number of carbonyl (C=O) groups excluding carboxylic acids is 4. The SMILES string of the molecule is COc1cc(C2C3=CCC4C(=O)N(c5cccc([N+](=O)[O-])c5)C(=O)C4C3CC3C(=O)N(Nc4ccc(C)cc4)C(=O)C32c2ccccc2)c(Br)c(Br)c1O. The van der Waals surface area contributed by atoms with Crippen LogP contribution in [0.5, 0.6) is 11.5 Å². The Kier molecular flexibility index (Phi) is 8.72. The summed E-state index contributed by atoms with van der Waals surface area (Å²) in [6.45, 7) is 1.93. The zero-order valence-corrected chi connectivity index (χ0v) is 32.0. The first-order valence-corrected chi connectivity index (χ1v) is 18.8. The van der Waals surface area contributed by atoms with Gasteiger partial charge < -0.3 is 9.84 Å². The number of ether oxygens (including phenoxy) is 1. The molecule has 6 atom stereocenters. The van der Waals surface area contributed by atoms with Crippen molar-refractivity contribution in [3.8, 4) is 11.5 Å². The number of carbonyl (C=O) groups is 4. The number of nitro benzene ring substituents is 1. The molecule has 12 nitrogen and oxygen atoms in total. The minimum atomic E-state index is -1.56. The minimum Gasteiger partial charge on any atom is -0.503 e. The number of imide groups is 2. The van der Waals surface area contributed by atoms with E-state index in [1.165, 1.54) is 31.4 Å². The summed E-state index contributed by atoms with van der Waals surface area (Å²) < 4.78 is 6.28. The molecule has 4 aromatic carbocycles. The number of amides is 4. The summed E-state index contributed by atoms with van der Waals surface area (Å²) in [5.41, 5.74) is 4.66. The largest absolute Gasteiger partial charge is 0.503 e. The van der Waals surface area contributed by atoms with Crippen molar-refractivity contribution in [1.82, 2.24) is 5.01 Å². The number of non-ortho nitro benzene ring substituents is 1. The molecule has 0 aromatic heterocycles. The van der Waals surface area contributed by atoms with E-state index in [9.17, 15) is 29.6 Å². The van der Waals surface area contributed by atoms with Crippen LogP contribution in [0.25, 0.3) is 0 Å². The molecule has 3 fully saturated rings. The van der Waals surface area contributed by atoms with Crippen molar-refractivity contribution in [2.24, 2.45) is 23.7 Å². The number of benzene rings is 4. The van der Waals surface area contributed by atoms with Crippen molar-refractivity contribution in [2.75, 3.05) is 17.4 Å². The number of hydrogen-bond donors (Lipinski definition) is 2. The zero-order chi connectivity index (χ0) is 38.2. The first-order chi connectivity index (χ1) is 25.9. The predicted octanol–water partition coefficient (Wildman–Crippen LogP) is 7.33. The molecular weight excluding hydrogens is 824 g/mol. The average Bonchev–Trinajstić information content (AvgIpc) is 3.56. The Balaban J connectivity index is 1.35. The van der Waals surface area contributed by atoms with Gasteiger partial charge in [-0.15, -0.1) is 0 Å². The Morgan fingerprint density at radius 2 is 1.63 bits per heavy atom. The number of nitro groups is 1. The Morgan fingerprint density at radius 3 is 2.31 bits per heavy atom. The van der Waals surface area contributed by atoms with Crippen LogP contribution in [-0.2, 0) is 24.6 Å². The molecule has 2 saturated heterocycles. The monoisotopic (exact) mass is 854 g/mol. The van der Waals surface area contributed by atoms with E-state index in [0.29, 0.717) is 26.9 Å². The van der Waals surface area contributed by atoms with Gasteiger partial charge in [-0.25, -0.2) is 4.90 Å². The van der Waals surface area contributed by atoms with E-state index < -0.39 is 63.6 Å². The van der Waals surface area contributed by atoms with Gasteiger partial charge in [-0.3, -0.25) is 34.7 Å². The number of methoxy groups -OCH3 is 1. The highest BCUT2D eigenvalue weighted by atomic mass is 79.9. The van der Waals surface area contributed by atoms with Crippen LogP contribution in [0.4, 0.5) is 17.1 Å². The molecule has 4 aliphatic rings. The third-order valence-electron chi connectivity index (χ3n) is 11.4. The molecule has 2 aliphatic heterocycles. The number of aromatic hydroxyl groups is 1. The van der Waals surface area contributed by atoms with Gasteiger partial charge in [0.1, 0.15) is 0 Å². The van der Waals surface area contributed by atoms with Gasteiger partial charge in [0.15, 0.2) is 11.5 Å². The number of fused-ring (bicyclic) bond motifs is 4. The van der Waals surface area contributed by atoms with Gasteiger partial charge >= 0.3 is 0 Å². The Bertz CT molecular complexity index is 2320. The molecule has 4 aromatic rings. The molecule has 0 radical (unpaired) electrons. The van der Waals surface area contributed by atoms with E-state index in [0.717, 1.165) is 15.5 Å². The summed E-state index contributed by atoms with van der Waals surface area (Å²) in [6.07, 6.45) is 2.12. The lowest BCUT2D eigenvalue weighted by Gasteiger charge is -2.51. The summed E-state index contributed by atoms with van der Waals surface area (Å²) >= 11 is 7.19. The second-order valence-electron chi connectivity index (χ2n) is 14.0. The first kappa shape index (κ1) is 35.7. The number of rotatable bonds is 7. The van der Waals surface area contributed by atoms with Crippen molar-refractivity contribution in [2.45, 2.75) is 31.1 Å². The van der Waals surface area contributed by atoms with Crippen LogP contribution in [0, 0.1) is 40.7 Å². The molecule has 4 amide bonds. The molecule has 0 bridgehead atoms. The number of phenolic OH excluding ortho intramolecular Hbond substituents is 1. The Labute approximate surface area is 326 Å². The van der Waals surface area contributed by atoms with E-state index >= 15 is 4.79 Å². The van der Waals surface area contributed by atoms with Gasteiger partial charge in [0.2, 0.25) is 11.8 Å². The fourth-order valence-electron chi connectivity index (χ4n) is 9.07. The van der Waals surface area contributed by atoms with Crippen molar-refractivity contribution in [3.05, 3.63) is 132 Å². The molecule has 8 rings (SSSR count). The maximum Gasteiger partial charge on any atom is 0.271 e. The number of hydrogen-bond acceptors (Lipinski definition) is 9. The lowest BCUT2D eigenvalue weighted by Crippen LogP contribution is -2.53. The van der Waals surface area contributed by atoms with Crippen LogP contribution in [0.15, 0.2) is 106 Å². The first-order valence-electron chi connectivity index (χ1n) is 17.2. The summed E-state index contributed by atoms with van der Waals surface area (Å²) in [7, 11) is 1.41. The summed E-state index contributed by atoms with van der Waals surface area (Å²) in [6, 6.07) is 23.4. The van der Waals surface area contributed by atoms with Crippen LogP contribution in [0.2, 0.25) is 0 Å². The lowest BCUT2D eigenvalue weighted by atomic mass is 9.49. The van der Waals surface area contributed by atoms with Crippen molar-refractivity contribution >= 4 is 72.6 Å². The minimum absolute atomic E-state index is 0.0604. The quantitative estimate of drug-likeness (QED) is 0.0840. The van der Waals surface area contributed by atoms with E-state index in [1.807, 2.05) is 55.5 Å². The normalized spacial score (nSPS) is 25.9. The number of allylic oxidation sites excluding steroid dienone is 2. The molecule has 2 aliphatic carbocycles. The van der Waals surface area contributed by atoms with Crippen molar-refractivity contribution in [3.63, 3.8) is 0 Å². The van der Waals surface area contributed by atoms with Crippen LogP contribution in [0.1, 0.15) is 35.4 Å². The number of anilines is 2. The lowest BCUT2D eigenvalue weighted by molar-refractivity contribution is -0.384. The highest BCUT2D eigenvalue weighted by molar-refractivity contribution is 9.13. The second kappa shape index (κ2) is 13.2. The number of halogens is 2. The van der Waals surface area contributed by atoms with Crippen LogP contribution in [0.3, 0.4) is 0 Å². The van der Waals surface area contributed by atoms with Crippen molar-refractivity contribution in [1.29, 1.82) is 0 Å². The third kappa shape index (κ3) is 5.13. The molecule has 2 N–H and O–H groups in total. The third-order valence-corrected chi connectivity index (χ3v) is 13.6. The zero-order valence-electron chi connectivity index (χ0n) is 28.9. The average molecular weight is 857 g/mol. The number of nitrogens with one attached hydrogen (secondary N) is 1. The number of nitrogens with zero attached hydrogens (tertiary/aromatic N) is 3. The van der Waals surface area contributed by atoms with Gasteiger partial charge in [-0.2, -0.15) is 5.01 Å². The molecule has 14 heteroatoms. The molecule has 274 valence electrons. The van der Waals surface area contributed by atoms with Gasteiger partial charge in [-0.05, 0) is 92.9 Å². The number of aryl methyl sites for hydroxylation is 1. The van der Waals surface area contributed by atoms with E-state index in [4.69, 9.17) is 4.74 Å². The second-order valence-corrected chi connectivity index (χ2v) is 15.6. The molecular formula is C40H32Br2N4O8. The maximum atomic E-state index is 15.4. The summed E-state index contributed by atoms with van der Waals surface area (Å²) in [5, 5.41) is 23.7. The molecule has 6 unspecified atom stereocenters. The molecule has 0 spiro atoms. The molecule has 54 heavy (non-hydrogen) atoms. The molecule has 1 saturated carbocycles. The fraction of sp³-hybridized carbons (Fsp3) is 0.250. The van der Waals surface area contributed by atoms with Gasteiger partial charge in [0.25, 0.3) is 17.5 Å². The standard InChI is InChI=1S/C40H32Br2N4O8/c1-20-11-13-22(14-12-20)43-45-37(49)29-18-27-25(15-16-26-31(27)38(50)44(36(26)48)23-9-6-10-24(17-23)46(52)53)32(28-19-30(54-2)35(47)34(42)33(28)41)40(29,39(45)51)21-7-4-3-5-8-21/h3-15,17,19,26-27,29,31-32,43,47H,16,18H2,1-2H3. The number of hydrazine groups is 1. The number of phenols is 1. The van der Waals surface area contributed by atoms with E-state index in [-0.39, 0.29) is 40.2 Å². The Hall–Kier alpha value is -5.34. The highest BCUT2D eigenvalue weighted by Crippen LogP contribution is 2.65. The van der Waals surface area contributed by atoms with Crippen LogP contribution >= 0.6 is 31.9 Å². The van der Waals surface area contributed by atoms with Gasteiger partial charge in [-0.1, -0.05) is 65.7 Å². The topological polar surface area (TPSA) is 159 Å². The predicted molar refractivity (Wildman–Crippen MR) is 204 cm³/mol. The summed E-state index contributed by atoms with van der Waals surface area (Å²) in [5.74, 6) is -6.39. The Morgan fingerprint density at radius 1 is 0.907 bits per heavy atom. The highest BCUT2D eigenvalue weighted by Gasteiger charge is 2.70. The summed E-state index contributed by atoms with van der Waals surface area (Å²) in [4.78, 5) is 71.1. The van der Waals surface area contributed by atoms with Crippen LogP contribution < -0.4 is 15.1 Å². The molecule has 2 heterocycles. The van der Waals surface area contributed by atoms with Crippen molar-refractivity contribution < 1.29 is 33.9 Å². The van der Waals surface area contributed by atoms with E-state index in [2.05, 4.69) is 37.3 Å².